The molecule has 2 saturated heterocycles. The van der Waals surface area contributed by atoms with Crippen LogP contribution in [0.5, 0.6) is 17.2 Å². The summed E-state index contributed by atoms with van der Waals surface area (Å²) in [5.41, 5.74) is -2.09. The first-order chi connectivity index (χ1) is 26.7. The van der Waals surface area contributed by atoms with Crippen LogP contribution >= 0.6 is 7.82 Å². The van der Waals surface area contributed by atoms with Gasteiger partial charge in [-0.25, -0.2) is 9.36 Å². The Kier molecular flexibility index (Phi) is 10.7. The Hall–Kier alpha value is -3.58. The second-order valence-corrected chi connectivity index (χ2v) is 18.8. The van der Waals surface area contributed by atoms with E-state index in [1.54, 1.807) is 19.1 Å². The fourth-order valence-electron chi connectivity index (χ4n) is 10.5. The number of rotatable bonds is 11. The predicted molar refractivity (Wildman–Crippen MR) is 211 cm³/mol. The zero-order chi connectivity index (χ0) is 41.5. The predicted octanol–water partition coefficient (Wildman–Crippen LogP) is 6.48. The van der Waals surface area contributed by atoms with Gasteiger partial charge < -0.3 is 28.2 Å². The molecule has 3 saturated carbocycles. The summed E-state index contributed by atoms with van der Waals surface area (Å²) in [5.74, 6) is -3.38. The molecule has 4 bridgehead atoms. The molecule has 4 heterocycles. The molecule has 1 spiro atoms. The minimum absolute atomic E-state index is 0.0520. The zero-order valence-electron chi connectivity index (χ0n) is 34.4. The molecule has 7 aliphatic rings. The molecule has 0 aromatic heterocycles. The van der Waals surface area contributed by atoms with Crippen LogP contribution < -0.4 is 14.0 Å². The number of benzene rings is 1. The van der Waals surface area contributed by atoms with Gasteiger partial charge in [0.15, 0.2) is 28.5 Å². The van der Waals surface area contributed by atoms with Crippen LogP contribution in [-0.2, 0) is 34.8 Å². The minimum Gasteiger partial charge on any atom is -0.482 e. The highest BCUT2D eigenvalue weighted by Gasteiger charge is 2.86. The molecule has 7 atom stereocenters. The number of Topliss-reactive ketones (excluding diaryl/α,β-unsaturated/α-hetero) is 2. The molecular formula is C43H56NO12P. The number of hydrogen-bond acceptors (Lipinski definition) is 11. The summed E-state index contributed by atoms with van der Waals surface area (Å²) in [6, 6.07) is -0.639. The third-order valence-electron chi connectivity index (χ3n) is 12.9. The number of methoxy groups -OCH3 is 1. The molecule has 57 heavy (non-hydrogen) atoms. The number of carbonyl (C=O) groups is 3. The van der Waals surface area contributed by atoms with E-state index in [0.29, 0.717) is 51.1 Å². The van der Waals surface area contributed by atoms with Gasteiger partial charge in [0.05, 0.1) is 37.4 Å². The van der Waals surface area contributed by atoms with Crippen LogP contribution in [-0.4, -0.2) is 94.1 Å². The monoisotopic (exact) mass is 809 g/mol. The first-order valence-electron chi connectivity index (χ1n) is 19.9. The minimum atomic E-state index is -5.27. The quantitative estimate of drug-likeness (QED) is 0.108. The van der Waals surface area contributed by atoms with E-state index in [9.17, 15) is 19.1 Å². The van der Waals surface area contributed by atoms with Gasteiger partial charge in [0.2, 0.25) is 0 Å². The Morgan fingerprint density at radius 3 is 2.32 bits per heavy atom. The van der Waals surface area contributed by atoms with Crippen LogP contribution in [0.3, 0.4) is 0 Å². The van der Waals surface area contributed by atoms with E-state index < -0.39 is 65.8 Å². The summed E-state index contributed by atoms with van der Waals surface area (Å²) < 4.78 is 50.6. The molecule has 3 aliphatic carbocycles. The molecule has 0 radical (unpaired) electrons. The summed E-state index contributed by atoms with van der Waals surface area (Å²) in [6.07, 6.45) is 11.1. The number of fused-ring (bicyclic) bond motifs is 2. The molecule has 8 rings (SSSR count). The maximum absolute atomic E-state index is 16.0. The van der Waals surface area contributed by atoms with Crippen LogP contribution in [0.15, 0.2) is 41.0 Å². The lowest BCUT2D eigenvalue weighted by Gasteiger charge is -2.64. The Morgan fingerprint density at radius 2 is 1.68 bits per heavy atom. The lowest BCUT2D eigenvalue weighted by atomic mass is 9.44. The third-order valence-corrected chi connectivity index (χ3v) is 13.3. The largest absolute Gasteiger partial charge is 0.524 e. The SMILES string of the molecule is COC(=O)/C(C)=C\CC12OC(C)(C)C3CC(C1=O)C(N1CCOCC1)C1C(=O)c4c(OP(=O)(O)O)c5c(c(CC=C(C)C)c4OC132)OC(C)(CCC=C(C)C)C=C5. The van der Waals surface area contributed by atoms with Crippen molar-refractivity contribution in [3.8, 4) is 17.2 Å². The van der Waals surface area contributed by atoms with Gasteiger partial charge in [0, 0.05) is 48.5 Å². The number of carbonyl (C=O) groups excluding carboxylic acids is 3. The van der Waals surface area contributed by atoms with Gasteiger partial charge >= 0.3 is 13.8 Å². The number of phosphoric acid groups is 1. The second-order valence-electron chi connectivity index (χ2n) is 17.6. The van der Waals surface area contributed by atoms with E-state index in [2.05, 4.69) is 11.0 Å². The van der Waals surface area contributed by atoms with Crippen molar-refractivity contribution in [3.63, 3.8) is 0 Å². The second kappa shape index (κ2) is 14.6. The number of morpholine rings is 1. The molecule has 13 nitrogen and oxygen atoms in total. The van der Waals surface area contributed by atoms with Crippen LogP contribution in [0.1, 0.15) is 103 Å². The Labute approximate surface area is 334 Å². The van der Waals surface area contributed by atoms with Crippen LogP contribution in [0.4, 0.5) is 0 Å². The van der Waals surface area contributed by atoms with Crippen LogP contribution in [0.25, 0.3) is 6.08 Å². The van der Waals surface area contributed by atoms with E-state index in [0.717, 1.165) is 11.1 Å². The number of nitrogens with zero attached hydrogens (tertiary/aromatic N) is 1. The first-order valence-corrected chi connectivity index (χ1v) is 21.4. The van der Waals surface area contributed by atoms with E-state index in [1.807, 2.05) is 60.6 Å². The maximum atomic E-state index is 16.0. The lowest BCUT2D eigenvalue weighted by molar-refractivity contribution is -0.216. The molecule has 5 fully saturated rings. The van der Waals surface area contributed by atoms with Gasteiger partial charge in [-0.1, -0.05) is 29.4 Å². The number of ketones is 2. The molecule has 4 aliphatic heterocycles. The van der Waals surface area contributed by atoms with Crippen LogP contribution in [0, 0.1) is 17.8 Å². The fraction of sp³-hybridized carbons (Fsp3) is 0.605. The highest BCUT2D eigenvalue weighted by molar-refractivity contribution is 7.46. The summed E-state index contributed by atoms with van der Waals surface area (Å²) in [5, 5.41) is 0. The number of hydrogen-bond donors (Lipinski definition) is 2. The van der Waals surface area contributed by atoms with Crippen molar-refractivity contribution in [3.05, 3.63) is 57.7 Å². The smallest absolute Gasteiger partial charge is 0.482 e. The van der Waals surface area contributed by atoms with Crippen molar-refractivity contribution < 1.29 is 56.9 Å². The van der Waals surface area contributed by atoms with E-state index in [4.69, 9.17) is 28.2 Å². The molecule has 2 N–H and O–H groups in total. The van der Waals surface area contributed by atoms with Crippen molar-refractivity contribution in [2.24, 2.45) is 17.8 Å². The van der Waals surface area contributed by atoms with Crippen LogP contribution in [0.2, 0.25) is 0 Å². The van der Waals surface area contributed by atoms with Gasteiger partial charge in [-0.05, 0) is 93.2 Å². The Balaban J connectivity index is 1.54. The standard InChI is InChI=1S/C43H56NO12P/c1-24(2)11-10-16-41(8)17-15-28-35(53-41)27(13-12-25(3)4)36-31(37(28)55-57(48,49)50)34(45)32-33(44-19-21-52-22-20-44)29-23-30-40(6,7)56-42(38(29)46,43(30,32)54-36)18-14-26(5)39(47)51-9/h11-12,14-15,17,29-30,32-33H,10,13,16,18-23H2,1-9H3,(H2,48,49,50)/b26-14-. The maximum Gasteiger partial charge on any atom is 0.524 e. The van der Waals surface area contributed by atoms with Crippen molar-refractivity contribution in [1.82, 2.24) is 4.90 Å². The Morgan fingerprint density at radius 1 is 1.00 bits per heavy atom. The number of esters is 1. The van der Waals surface area contributed by atoms with Gasteiger partial charge in [-0.3, -0.25) is 24.3 Å². The Bertz CT molecular complexity index is 2050. The summed E-state index contributed by atoms with van der Waals surface area (Å²) in [4.78, 5) is 67.0. The summed E-state index contributed by atoms with van der Waals surface area (Å²) in [7, 11) is -3.99. The number of phosphoric ester groups is 1. The molecule has 1 aromatic rings. The number of ether oxygens (including phenoxy) is 5. The fourth-order valence-corrected chi connectivity index (χ4v) is 10.9. The van der Waals surface area contributed by atoms with Gasteiger partial charge in [-0.2, -0.15) is 0 Å². The number of allylic oxidation sites excluding steroid dienone is 4. The summed E-state index contributed by atoms with van der Waals surface area (Å²) in [6.45, 7) is 17.1. The van der Waals surface area contributed by atoms with E-state index in [-0.39, 0.29) is 52.6 Å². The van der Waals surface area contributed by atoms with E-state index >= 15 is 9.59 Å². The topological polar surface area (TPSA) is 167 Å². The highest BCUT2D eigenvalue weighted by atomic mass is 31.2. The van der Waals surface area contributed by atoms with Crippen molar-refractivity contribution in [2.75, 3.05) is 33.4 Å². The van der Waals surface area contributed by atoms with Gasteiger partial charge in [0.25, 0.3) is 0 Å². The first kappa shape index (κ1) is 41.6. The third kappa shape index (κ3) is 6.76. The highest BCUT2D eigenvalue weighted by Crippen LogP contribution is 2.71. The summed E-state index contributed by atoms with van der Waals surface area (Å²) >= 11 is 0. The molecular weight excluding hydrogens is 753 g/mol. The lowest BCUT2D eigenvalue weighted by Crippen LogP contribution is -2.82. The van der Waals surface area contributed by atoms with Crippen molar-refractivity contribution in [1.29, 1.82) is 0 Å². The zero-order valence-corrected chi connectivity index (χ0v) is 35.3. The van der Waals surface area contributed by atoms with Gasteiger partial charge in [0.1, 0.15) is 22.7 Å². The molecule has 0 amide bonds. The molecule has 1 aromatic carbocycles. The average molecular weight is 810 g/mol. The average Bonchev–Trinajstić information content (AvgIpc) is 3.28. The van der Waals surface area contributed by atoms with Crippen molar-refractivity contribution in [2.45, 2.75) is 116 Å². The van der Waals surface area contributed by atoms with Gasteiger partial charge in [-0.15, -0.1) is 0 Å². The van der Waals surface area contributed by atoms with E-state index in [1.165, 1.54) is 7.11 Å². The molecule has 14 heteroatoms. The van der Waals surface area contributed by atoms with Crippen molar-refractivity contribution >= 4 is 31.4 Å². The molecule has 310 valence electrons. The normalized spacial score (nSPS) is 32.4. The molecule has 7 unspecified atom stereocenters.